The molecule has 156 valence electrons. The molecule has 0 aliphatic carbocycles. The third-order valence-electron chi connectivity index (χ3n) is 3.96. The number of rotatable bonds is 6. The lowest BCUT2D eigenvalue weighted by molar-refractivity contribution is -0.384. The third-order valence-corrected chi connectivity index (χ3v) is 4.71. The Bertz CT molecular complexity index is 1160. The minimum Gasteiger partial charge on any atom is -0.422 e. The van der Waals surface area contributed by atoms with Crippen molar-refractivity contribution in [3.8, 4) is 5.75 Å². The van der Waals surface area contributed by atoms with Crippen LogP contribution >= 0.6 is 27.5 Å². The van der Waals surface area contributed by atoms with Gasteiger partial charge in [-0.15, -0.1) is 0 Å². The quantitative estimate of drug-likeness (QED) is 0.168. The highest BCUT2D eigenvalue weighted by Gasteiger charge is 2.12. The molecule has 0 aromatic heterocycles. The van der Waals surface area contributed by atoms with Crippen molar-refractivity contribution in [2.24, 2.45) is 5.10 Å². The number of hydrogen-bond acceptors (Lipinski definition) is 6. The van der Waals surface area contributed by atoms with E-state index in [-0.39, 0.29) is 17.0 Å². The van der Waals surface area contributed by atoms with Crippen LogP contribution in [0.3, 0.4) is 0 Å². The predicted molar refractivity (Wildman–Crippen MR) is 119 cm³/mol. The molecule has 0 saturated carbocycles. The molecule has 0 spiro atoms. The Kier molecular flexibility index (Phi) is 7.11. The number of ether oxygens (including phenoxy) is 1. The maximum Gasteiger partial charge on any atom is 0.343 e. The molecule has 0 unspecified atom stereocenters. The van der Waals surface area contributed by atoms with E-state index in [1.807, 2.05) is 0 Å². The van der Waals surface area contributed by atoms with E-state index in [9.17, 15) is 19.7 Å². The van der Waals surface area contributed by atoms with Gasteiger partial charge in [0.2, 0.25) is 0 Å². The van der Waals surface area contributed by atoms with Crippen LogP contribution in [0.2, 0.25) is 5.02 Å². The van der Waals surface area contributed by atoms with Crippen LogP contribution in [0.4, 0.5) is 5.69 Å². The van der Waals surface area contributed by atoms with Crippen molar-refractivity contribution in [1.29, 1.82) is 0 Å². The van der Waals surface area contributed by atoms with E-state index < -0.39 is 16.8 Å². The molecule has 0 aliphatic heterocycles. The lowest BCUT2D eigenvalue weighted by Crippen LogP contribution is -2.17. The summed E-state index contributed by atoms with van der Waals surface area (Å²) in [5, 5.41) is 15.1. The van der Waals surface area contributed by atoms with E-state index in [2.05, 4.69) is 26.5 Å². The number of nitrogens with one attached hydrogen (secondary N) is 1. The predicted octanol–water partition coefficient (Wildman–Crippen LogP) is 4.99. The third kappa shape index (κ3) is 5.97. The van der Waals surface area contributed by atoms with E-state index in [0.29, 0.717) is 20.6 Å². The van der Waals surface area contributed by atoms with Crippen LogP contribution in [0.15, 0.2) is 76.3 Å². The van der Waals surface area contributed by atoms with E-state index in [1.54, 1.807) is 42.5 Å². The summed E-state index contributed by atoms with van der Waals surface area (Å²) in [6, 6.07) is 16.3. The van der Waals surface area contributed by atoms with Crippen LogP contribution in [-0.4, -0.2) is 23.0 Å². The van der Waals surface area contributed by atoms with Gasteiger partial charge in [-0.25, -0.2) is 10.2 Å². The molecule has 3 rings (SSSR count). The molecule has 0 atom stereocenters. The zero-order chi connectivity index (χ0) is 22.4. The number of halogens is 2. The molecule has 31 heavy (non-hydrogen) atoms. The molecule has 3 aromatic carbocycles. The lowest BCUT2D eigenvalue weighted by Gasteiger charge is -2.08. The number of nitro benzene ring substituents is 1. The fourth-order valence-electron chi connectivity index (χ4n) is 2.42. The average Bonchev–Trinajstić information content (AvgIpc) is 2.76. The highest BCUT2D eigenvalue weighted by molar-refractivity contribution is 9.10. The Hall–Kier alpha value is -3.56. The first-order chi connectivity index (χ1) is 14.8. The van der Waals surface area contributed by atoms with Crippen LogP contribution in [0, 0.1) is 10.1 Å². The second kappa shape index (κ2) is 9.96. The summed E-state index contributed by atoms with van der Waals surface area (Å²) in [6.45, 7) is 0. The smallest absolute Gasteiger partial charge is 0.343 e. The summed E-state index contributed by atoms with van der Waals surface area (Å²) in [7, 11) is 0. The summed E-state index contributed by atoms with van der Waals surface area (Å²) in [5.74, 6) is -0.902. The molecular formula is C21H13BrClN3O5. The van der Waals surface area contributed by atoms with Gasteiger partial charge in [-0.05, 0) is 54.6 Å². The number of nitrogens with zero attached hydrogens (tertiary/aromatic N) is 2. The Balaban J connectivity index is 1.71. The van der Waals surface area contributed by atoms with Crippen molar-refractivity contribution in [1.82, 2.24) is 5.43 Å². The largest absolute Gasteiger partial charge is 0.422 e. The zero-order valence-corrected chi connectivity index (χ0v) is 18.0. The molecule has 0 aliphatic rings. The molecule has 8 nitrogen and oxygen atoms in total. The fraction of sp³-hybridized carbons (Fsp3) is 0. The van der Waals surface area contributed by atoms with E-state index in [0.717, 1.165) is 0 Å². The lowest BCUT2D eigenvalue weighted by atomic mass is 10.2. The summed E-state index contributed by atoms with van der Waals surface area (Å²) >= 11 is 9.16. The number of benzene rings is 3. The van der Waals surface area contributed by atoms with Crippen LogP contribution in [0.1, 0.15) is 26.3 Å². The minimum absolute atomic E-state index is 0.124. The van der Waals surface area contributed by atoms with Gasteiger partial charge in [-0.3, -0.25) is 14.9 Å². The minimum atomic E-state index is -0.580. The van der Waals surface area contributed by atoms with Gasteiger partial charge in [-0.1, -0.05) is 27.5 Å². The van der Waals surface area contributed by atoms with Crippen molar-refractivity contribution in [2.45, 2.75) is 0 Å². The van der Waals surface area contributed by atoms with Gasteiger partial charge in [0.25, 0.3) is 11.6 Å². The van der Waals surface area contributed by atoms with Crippen LogP contribution < -0.4 is 10.2 Å². The topological polar surface area (TPSA) is 111 Å². The fourth-order valence-corrected chi connectivity index (χ4v) is 2.92. The van der Waals surface area contributed by atoms with E-state index >= 15 is 0 Å². The number of esters is 1. The van der Waals surface area contributed by atoms with Gasteiger partial charge in [0.15, 0.2) is 0 Å². The normalized spacial score (nSPS) is 10.6. The van der Waals surface area contributed by atoms with Crippen LogP contribution in [0.25, 0.3) is 0 Å². The highest BCUT2D eigenvalue weighted by atomic mass is 79.9. The Morgan fingerprint density at radius 2 is 1.68 bits per heavy atom. The SMILES string of the molecule is O=C(NN=Cc1cc(Br)ccc1OC(=O)c1ccc(Cl)cc1)c1ccc([N+](=O)[O-])cc1. The van der Waals surface area contributed by atoms with Crippen molar-refractivity contribution in [2.75, 3.05) is 0 Å². The van der Waals surface area contributed by atoms with Gasteiger partial charge in [-0.2, -0.15) is 5.10 Å². The van der Waals surface area contributed by atoms with Crippen molar-refractivity contribution in [3.05, 3.63) is 103 Å². The second-order valence-electron chi connectivity index (χ2n) is 6.08. The molecule has 0 fully saturated rings. The Morgan fingerprint density at radius 3 is 2.32 bits per heavy atom. The van der Waals surface area contributed by atoms with E-state index in [1.165, 1.54) is 30.5 Å². The standard InChI is InChI=1S/C21H13BrClN3O5/c22-16-5-10-19(31-21(28)14-1-6-17(23)7-2-14)15(11-16)12-24-25-20(27)13-3-8-18(9-4-13)26(29)30/h1-12H,(H,25,27). The first-order valence-electron chi connectivity index (χ1n) is 8.68. The monoisotopic (exact) mass is 501 g/mol. The van der Waals surface area contributed by atoms with Gasteiger partial charge in [0, 0.05) is 32.8 Å². The average molecular weight is 503 g/mol. The summed E-state index contributed by atoms with van der Waals surface area (Å²) in [6.07, 6.45) is 1.32. The van der Waals surface area contributed by atoms with Gasteiger partial charge >= 0.3 is 5.97 Å². The first-order valence-corrected chi connectivity index (χ1v) is 9.86. The number of hydrogen-bond donors (Lipinski definition) is 1. The van der Waals surface area contributed by atoms with Crippen molar-refractivity contribution in [3.63, 3.8) is 0 Å². The Morgan fingerprint density at radius 1 is 1.03 bits per heavy atom. The second-order valence-corrected chi connectivity index (χ2v) is 7.43. The molecule has 0 radical (unpaired) electrons. The molecule has 1 N–H and O–H groups in total. The molecular weight excluding hydrogens is 490 g/mol. The highest BCUT2D eigenvalue weighted by Crippen LogP contribution is 2.23. The van der Waals surface area contributed by atoms with Crippen molar-refractivity contribution < 1.29 is 19.2 Å². The van der Waals surface area contributed by atoms with Gasteiger partial charge in [0.05, 0.1) is 16.7 Å². The number of hydrazone groups is 1. The zero-order valence-electron chi connectivity index (χ0n) is 15.6. The Labute approximate surface area is 189 Å². The maximum atomic E-state index is 12.4. The maximum absolute atomic E-state index is 12.4. The first kappa shape index (κ1) is 22.1. The summed E-state index contributed by atoms with van der Waals surface area (Å²) < 4.78 is 6.14. The van der Waals surface area contributed by atoms with Gasteiger partial charge < -0.3 is 4.74 Å². The molecule has 1 amide bonds. The van der Waals surface area contributed by atoms with E-state index in [4.69, 9.17) is 16.3 Å². The molecule has 0 bridgehead atoms. The molecule has 0 saturated heterocycles. The van der Waals surface area contributed by atoms with Crippen molar-refractivity contribution >= 4 is 51.3 Å². The number of amides is 1. The van der Waals surface area contributed by atoms with Crippen LogP contribution in [-0.2, 0) is 0 Å². The molecule has 0 heterocycles. The number of carbonyl (C=O) groups excluding carboxylic acids is 2. The summed E-state index contributed by atoms with van der Waals surface area (Å²) in [4.78, 5) is 34.7. The molecule has 10 heteroatoms. The summed E-state index contributed by atoms with van der Waals surface area (Å²) in [5.41, 5.74) is 3.15. The van der Waals surface area contributed by atoms with Gasteiger partial charge in [0.1, 0.15) is 5.75 Å². The molecule has 3 aromatic rings. The van der Waals surface area contributed by atoms with Crippen LogP contribution in [0.5, 0.6) is 5.75 Å². The number of non-ortho nitro benzene ring substituents is 1. The number of nitro groups is 1. The number of carbonyl (C=O) groups is 2.